The minimum atomic E-state index is -2.38. The Bertz CT molecular complexity index is 2170. The summed E-state index contributed by atoms with van der Waals surface area (Å²) in [4.78, 5) is 127. The molecule has 0 aliphatic carbocycles. The number of hydrogen-bond acceptors (Lipinski definition) is 14. The average Bonchev–Trinajstić information content (AvgIpc) is 3.80. The number of aliphatic hydroxyl groups excluding tert-OH is 3. The Morgan fingerprint density at radius 2 is 1.57 bits per heavy atom. The molecule has 1 saturated heterocycles. The van der Waals surface area contributed by atoms with Crippen molar-refractivity contribution in [3.05, 3.63) is 23.8 Å². The number of phenolic OH excluding ortho intramolecular Hbond substituents is 1. The molecule has 63 heavy (non-hydrogen) atoms. The highest BCUT2D eigenvalue weighted by Crippen LogP contribution is 2.30. The van der Waals surface area contributed by atoms with E-state index in [1.807, 2.05) is 0 Å². The van der Waals surface area contributed by atoms with Crippen LogP contribution < -0.4 is 43.0 Å². The monoisotopic (exact) mass is 904 g/mol. The lowest BCUT2D eigenvalue weighted by Gasteiger charge is -2.32. The van der Waals surface area contributed by atoms with Gasteiger partial charge in [-0.2, -0.15) is 0 Å². The van der Waals surface area contributed by atoms with Crippen molar-refractivity contribution in [2.75, 3.05) is 32.0 Å². The minimum absolute atomic E-state index is 0.0811. The first kappa shape index (κ1) is 47.9. The molecule has 1 fully saturated rings. The second-order valence-corrected chi connectivity index (χ2v) is 17.1. The Balaban J connectivity index is 1.73. The van der Waals surface area contributed by atoms with E-state index in [0.29, 0.717) is 6.42 Å². The molecule has 0 spiro atoms. The summed E-state index contributed by atoms with van der Waals surface area (Å²) >= 11 is 0. The van der Waals surface area contributed by atoms with Crippen LogP contribution in [0.3, 0.4) is 0 Å². The predicted octanol–water partition coefficient (Wildman–Crippen LogP) is -6.17. The van der Waals surface area contributed by atoms with Crippen LogP contribution in [0, 0.1) is 5.92 Å². The van der Waals surface area contributed by atoms with Gasteiger partial charge in [-0.1, -0.05) is 20.3 Å². The number of phenols is 1. The fraction of sp³-hybridized carbons (Fsp3) is 0.553. The third-order valence-corrected chi connectivity index (χ3v) is 12.4. The number of aromatic nitrogens is 1. The van der Waals surface area contributed by atoms with E-state index < -0.39 is 170 Å². The third kappa shape index (κ3) is 11.6. The van der Waals surface area contributed by atoms with E-state index >= 15 is 0 Å². The van der Waals surface area contributed by atoms with Crippen LogP contribution in [0.15, 0.2) is 23.2 Å². The number of nitrogens with one attached hydrogen (secondary N) is 8. The normalized spacial score (nSPS) is 28.2. The highest BCUT2D eigenvalue weighted by atomic mass is 32.2. The zero-order chi connectivity index (χ0) is 46.3. The summed E-state index contributed by atoms with van der Waals surface area (Å²) in [6.45, 7) is 0.111. The average molecular weight is 905 g/mol. The number of aromatic hydroxyl groups is 1. The van der Waals surface area contributed by atoms with Crippen LogP contribution in [0.2, 0.25) is 0 Å². The molecule has 24 nitrogen and oxygen atoms in total. The molecule has 0 saturated carbocycles. The lowest BCUT2D eigenvalue weighted by Crippen LogP contribution is -2.62. The summed E-state index contributed by atoms with van der Waals surface area (Å²) in [7, 11) is -2.38. The van der Waals surface area contributed by atoms with Gasteiger partial charge in [0.15, 0.2) is 0 Å². The molecular weight excluding hydrogens is 853 g/mol. The number of aliphatic hydroxyl groups is 3. The van der Waals surface area contributed by atoms with Crippen molar-refractivity contribution in [3.8, 4) is 5.75 Å². The minimum Gasteiger partial charge on any atom is -0.508 e. The summed E-state index contributed by atoms with van der Waals surface area (Å²) in [5.74, 6) is -11.5. The Kier molecular flexibility index (Phi) is 15.8. The summed E-state index contributed by atoms with van der Waals surface area (Å²) in [5, 5.41) is 58.6. The number of nitrogens with two attached hydrogens (primary N) is 1. The first-order valence-electron chi connectivity index (χ1n) is 20.1. The first-order valence-corrected chi connectivity index (χ1v) is 21.5. The van der Waals surface area contributed by atoms with Gasteiger partial charge in [0.25, 0.3) is 0 Å². The highest BCUT2D eigenvalue weighted by molar-refractivity contribution is 7.85. The number of rotatable bonds is 7. The SMILES string of the molecule is CCC[C@@H]1NC(=O)CNC(=O)[C@@H]2Cc3c([nH]c4cc(O)ccc34)S(=O)C[C@H](NC(=O)CNC1=O)C(=O)N[C@@H](CC(N)=O)C(=O)N1C[C@H](O)C[C@H]1C(=O)N[C@@H]([C@@H](C)[C@@H](O)CO)C(=O)N2. The van der Waals surface area contributed by atoms with Gasteiger partial charge in [-0.05, 0) is 24.1 Å². The third-order valence-electron chi connectivity index (χ3n) is 10.9. The van der Waals surface area contributed by atoms with Gasteiger partial charge >= 0.3 is 0 Å². The lowest BCUT2D eigenvalue weighted by atomic mass is 9.93. The van der Waals surface area contributed by atoms with Crippen LogP contribution in [0.1, 0.15) is 45.1 Å². The van der Waals surface area contributed by atoms with E-state index in [1.165, 1.54) is 25.1 Å². The van der Waals surface area contributed by atoms with Gasteiger partial charge in [-0.25, -0.2) is 0 Å². The maximum Gasteiger partial charge on any atom is 0.246 e. The Morgan fingerprint density at radius 3 is 2.24 bits per heavy atom. The molecule has 9 amide bonds. The highest BCUT2D eigenvalue weighted by Gasteiger charge is 2.45. The molecule has 0 radical (unpaired) electrons. The number of primary amides is 1. The number of H-pyrrole nitrogens is 1. The fourth-order valence-electron chi connectivity index (χ4n) is 7.59. The predicted molar refractivity (Wildman–Crippen MR) is 218 cm³/mol. The maximum absolute atomic E-state index is 14.5. The molecule has 1 unspecified atom stereocenters. The fourth-order valence-corrected chi connectivity index (χ4v) is 8.99. The van der Waals surface area contributed by atoms with Gasteiger partial charge in [0, 0.05) is 36.8 Å². The molecule has 3 aliphatic heterocycles. The van der Waals surface area contributed by atoms with Gasteiger partial charge in [0.05, 0.1) is 60.4 Å². The van der Waals surface area contributed by atoms with Crippen molar-refractivity contribution in [2.45, 2.75) is 99.4 Å². The topological polar surface area (TPSA) is 381 Å². The number of nitrogens with zero attached hydrogens (tertiary/aromatic N) is 1. The zero-order valence-electron chi connectivity index (χ0n) is 34.3. The standard InChI is InChI=1S/C38H52N10O14S/c1-3-4-21-32(56)40-12-30(55)43-25-15-63(62)37-20(19-6-5-17(50)7-22(19)46-37)9-23(33(57)41-11-29(54)42-21)44-36(60)31(16(2)27(52)14-49)47-35(59)26-8-18(51)13-48(26)38(61)24(10-28(39)53)45-34(25)58/h5-7,16,18,21,23-27,31,46,49-52H,3-4,8-15H2,1-2H3,(H2,39,53)(H,40,56)(H,41,57)(H,42,54)(H,43,55)(H,44,60)(H,45,58)(H,47,59)/t16-,18+,21-,23-,24-,25-,26-,27-,31-,63?/m0/s1. The lowest BCUT2D eigenvalue weighted by molar-refractivity contribution is -0.144. The molecule has 10 atom stereocenters. The molecule has 3 aliphatic rings. The van der Waals surface area contributed by atoms with E-state index in [0.717, 1.165) is 4.90 Å². The van der Waals surface area contributed by atoms with Crippen molar-refractivity contribution < 1.29 is 67.8 Å². The number of fused-ring (bicyclic) bond motifs is 5. The van der Waals surface area contributed by atoms with E-state index in [2.05, 4.69) is 42.2 Å². The molecule has 25 heteroatoms. The van der Waals surface area contributed by atoms with Crippen LogP contribution in [0.25, 0.3) is 10.9 Å². The second-order valence-electron chi connectivity index (χ2n) is 15.6. The molecule has 2 bridgehead atoms. The summed E-state index contributed by atoms with van der Waals surface area (Å²) in [6.07, 6.45) is -4.31. The van der Waals surface area contributed by atoms with Crippen LogP contribution in [0.4, 0.5) is 0 Å². The molecule has 5 rings (SSSR count). The van der Waals surface area contributed by atoms with E-state index in [4.69, 9.17) is 5.73 Å². The molecule has 14 N–H and O–H groups in total. The Labute approximate surface area is 361 Å². The zero-order valence-corrected chi connectivity index (χ0v) is 35.1. The smallest absolute Gasteiger partial charge is 0.246 e. The first-order chi connectivity index (χ1) is 29.8. The molecule has 4 heterocycles. The van der Waals surface area contributed by atoms with Gasteiger partial charge in [-0.3, -0.25) is 47.4 Å². The van der Waals surface area contributed by atoms with E-state index in [1.54, 1.807) is 6.92 Å². The molecular formula is C38H52N10O14S. The Hall–Kier alpha value is -6.18. The summed E-state index contributed by atoms with van der Waals surface area (Å²) in [5.41, 5.74) is 5.72. The largest absolute Gasteiger partial charge is 0.508 e. The molecule has 1 aromatic heterocycles. The van der Waals surface area contributed by atoms with Gasteiger partial charge in [0.2, 0.25) is 53.2 Å². The number of carbonyl (C=O) groups is 9. The van der Waals surface area contributed by atoms with Crippen molar-refractivity contribution >= 4 is 74.9 Å². The summed E-state index contributed by atoms with van der Waals surface area (Å²) < 4.78 is 14.5. The van der Waals surface area contributed by atoms with Crippen molar-refractivity contribution in [3.63, 3.8) is 0 Å². The van der Waals surface area contributed by atoms with Crippen molar-refractivity contribution in [1.29, 1.82) is 0 Å². The van der Waals surface area contributed by atoms with Gasteiger partial charge < -0.3 is 73.3 Å². The van der Waals surface area contributed by atoms with Crippen LogP contribution >= 0.6 is 0 Å². The van der Waals surface area contributed by atoms with E-state index in [9.17, 15) is 67.8 Å². The molecule has 344 valence electrons. The quantitative estimate of drug-likeness (QED) is 0.123. The summed E-state index contributed by atoms with van der Waals surface area (Å²) in [6, 6.07) is -5.94. The number of benzene rings is 1. The maximum atomic E-state index is 14.5. The van der Waals surface area contributed by atoms with Crippen LogP contribution in [-0.4, -0.2) is 168 Å². The van der Waals surface area contributed by atoms with Crippen LogP contribution in [-0.2, 0) is 60.4 Å². The number of amides is 9. The molecule has 2 aromatic rings. The van der Waals surface area contributed by atoms with Gasteiger partial charge in [-0.15, -0.1) is 0 Å². The van der Waals surface area contributed by atoms with Crippen molar-refractivity contribution in [2.24, 2.45) is 11.7 Å². The van der Waals surface area contributed by atoms with Crippen molar-refractivity contribution in [1.82, 2.24) is 47.1 Å². The molecule has 1 aromatic carbocycles. The number of hydrogen-bond donors (Lipinski definition) is 13. The Morgan fingerprint density at radius 1 is 0.889 bits per heavy atom. The van der Waals surface area contributed by atoms with Gasteiger partial charge in [0.1, 0.15) is 47.0 Å². The second kappa shape index (κ2) is 20.8. The number of carbonyl (C=O) groups excluding carboxylic acids is 9. The number of aromatic amines is 1. The van der Waals surface area contributed by atoms with Crippen LogP contribution in [0.5, 0.6) is 5.75 Å². The van der Waals surface area contributed by atoms with E-state index in [-0.39, 0.29) is 33.7 Å².